The smallest absolute Gasteiger partial charge is 0.427 e. The quantitative estimate of drug-likeness (QED) is 0.518. The number of phenols is 2. The van der Waals surface area contributed by atoms with E-state index >= 15 is 0 Å². The van der Waals surface area contributed by atoms with E-state index in [9.17, 15) is 15.0 Å². The number of nitrogens with one attached hydrogen (secondary N) is 1. The molecule has 1 amide bonds. The van der Waals surface area contributed by atoms with E-state index in [1.54, 1.807) is 6.92 Å². The summed E-state index contributed by atoms with van der Waals surface area (Å²) in [6.45, 7) is 1.69. The van der Waals surface area contributed by atoms with Gasteiger partial charge in [0.2, 0.25) is 0 Å². The Labute approximate surface area is 92.2 Å². The second-order valence-corrected chi connectivity index (χ2v) is 3.06. The molecule has 0 aromatic heterocycles. The number of aryl methyl sites for hydroxylation is 1. The normalized spacial score (nSPS) is 10.4. The number of methoxy groups -OCH3 is 1. The number of carbonyl (C=O) groups is 1. The molecule has 86 valence electrons. The third kappa shape index (κ3) is 2.88. The van der Waals surface area contributed by atoms with Crippen molar-refractivity contribution in [2.75, 3.05) is 7.11 Å². The van der Waals surface area contributed by atoms with Crippen LogP contribution in [0, 0.1) is 6.92 Å². The number of rotatable bonds is 2. The molecule has 1 aromatic rings. The van der Waals surface area contributed by atoms with Crippen molar-refractivity contribution < 1.29 is 19.7 Å². The minimum absolute atomic E-state index is 0.0342. The van der Waals surface area contributed by atoms with E-state index in [0.717, 1.165) is 0 Å². The first kappa shape index (κ1) is 11.8. The van der Waals surface area contributed by atoms with Gasteiger partial charge in [0.25, 0.3) is 0 Å². The number of carbonyl (C=O) groups excluding carboxylic acids is 1. The van der Waals surface area contributed by atoms with Gasteiger partial charge in [-0.1, -0.05) is 0 Å². The molecule has 0 aliphatic heterocycles. The molecule has 0 atom stereocenters. The maximum Gasteiger partial charge on any atom is 0.427 e. The van der Waals surface area contributed by atoms with Crippen LogP contribution >= 0.6 is 0 Å². The van der Waals surface area contributed by atoms with Gasteiger partial charge in [-0.05, 0) is 18.6 Å². The van der Waals surface area contributed by atoms with Crippen molar-refractivity contribution >= 4 is 12.3 Å². The molecule has 0 fully saturated rings. The summed E-state index contributed by atoms with van der Waals surface area (Å²) in [4.78, 5) is 10.7. The lowest BCUT2D eigenvalue weighted by atomic mass is 10.1. The number of hydrogen-bond donors (Lipinski definition) is 3. The van der Waals surface area contributed by atoms with E-state index in [-0.39, 0.29) is 11.5 Å². The Morgan fingerprint density at radius 2 is 2.19 bits per heavy atom. The van der Waals surface area contributed by atoms with Crippen LogP contribution in [0.1, 0.15) is 11.1 Å². The average Bonchev–Trinajstić information content (AvgIpc) is 2.21. The van der Waals surface area contributed by atoms with Gasteiger partial charge < -0.3 is 14.9 Å². The summed E-state index contributed by atoms with van der Waals surface area (Å²) in [6.07, 6.45) is 0.563. The van der Waals surface area contributed by atoms with Gasteiger partial charge in [0.05, 0.1) is 13.3 Å². The molecule has 0 bridgehead atoms. The molecule has 16 heavy (non-hydrogen) atoms. The van der Waals surface area contributed by atoms with Gasteiger partial charge in [-0.25, -0.2) is 10.2 Å². The zero-order valence-corrected chi connectivity index (χ0v) is 8.89. The minimum atomic E-state index is -0.702. The van der Waals surface area contributed by atoms with Crippen molar-refractivity contribution in [2.24, 2.45) is 5.10 Å². The maximum atomic E-state index is 10.7. The molecule has 0 heterocycles. The molecule has 0 unspecified atom stereocenters. The van der Waals surface area contributed by atoms with Crippen molar-refractivity contribution in [3.8, 4) is 11.5 Å². The number of phenolic OH excluding ortho intramolecular Hbond substituents is 2. The standard InChI is InChI=1S/C10H12N2O4/c1-6-3-7(13)4-9(14)8(6)5-11-12-10(15)16-2/h3-5,13-14H,1-2H3,(H,12,15)/b11-5-. The van der Waals surface area contributed by atoms with Crippen LogP contribution in [-0.2, 0) is 4.74 Å². The van der Waals surface area contributed by atoms with Crippen LogP contribution in [0.15, 0.2) is 17.2 Å². The second kappa shape index (κ2) is 5.01. The molecule has 0 aliphatic rings. The van der Waals surface area contributed by atoms with E-state index in [2.05, 4.69) is 15.3 Å². The molecule has 0 radical (unpaired) electrons. The largest absolute Gasteiger partial charge is 0.508 e. The number of hydrogen-bond acceptors (Lipinski definition) is 5. The molecule has 6 nitrogen and oxygen atoms in total. The Balaban J connectivity index is 2.85. The highest BCUT2D eigenvalue weighted by molar-refractivity contribution is 5.86. The van der Waals surface area contributed by atoms with Gasteiger partial charge in [-0.15, -0.1) is 0 Å². The zero-order chi connectivity index (χ0) is 12.1. The first-order valence-electron chi connectivity index (χ1n) is 4.44. The predicted octanol–water partition coefficient (Wildman–Crippen LogP) is 1.10. The monoisotopic (exact) mass is 224 g/mol. The van der Waals surface area contributed by atoms with Crippen LogP contribution in [0.5, 0.6) is 11.5 Å². The third-order valence-corrected chi connectivity index (χ3v) is 1.88. The Morgan fingerprint density at radius 1 is 1.50 bits per heavy atom. The summed E-state index contributed by atoms with van der Waals surface area (Å²) in [6, 6.07) is 2.66. The fourth-order valence-corrected chi connectivity index (χ4v) is 1.12. The van der Waals surface area contributed by atoms with E-state index in [1.165, 1.54) is 25.5 Å². The summed E-state index contributed by atoms with van der Waals surface area (Å²) in [5, 5.41) is 22.2. The Kier molecular flexibility index (Phi) is 3.71. The number of amides is 1. The summed E-state index contributed by atoms with van der Waals surface area (Å²) in [5.74, 6) is -0.152. The van der Waals surface area contributed by atoms with Crippen LogP contribution < -0.4 is 5.43 Å². The number of ether oxygens (including phenoxy) is 1. The Morgan fingerprint density at radius 3 is 2.75 bits per heavy atom. The molecule has 0 spiro atoms. The molecule has 1 rings (SSSR count). The van der Waals surface area contributed by atoms with Gasteiger partial charge in [0.15, 0.2) is 0 Å². The number of benzene rings is 1. The summed E-state index contributed by atoms with van der Waals surface area (Å²) in [5.41, 5.74) is 3.13. The number of nitrogens with zero attached hydrogens (tertiary/aromatic N) is 1. The van der Waals surface area contributed by atoms with Crippen molar-refractivity contribution in [1.29, 1.82) is 0 Å². The van der Waals surface area contributed by atoms with Gasteiger partial charge in [0.1, 0.15) is 11.5 Å². The van der Waals surface area contributed by atoms with Crippen molar-refractivity contribution in [3.05, 3.63) is 23.3 Å². The van der Waals surface area contributed by atoms with Gasteiger partial charge >= 0.3 is 6.09 Å². The van der Waals surface area contributed by atoms with Crippen LogP contribution in [0.4, 0.5) is 4.79 Å². The minimum Gasteiger partial charge on any atom is -0.508 e. The highest BCUT2D eigenvalue weighted by Gasteiger charge is 2.04. The first-order valence-corrected chi connectivity index (χ1v) is 4.44. The predicted molar refractivity (Wildman–Crippen MR) is 57.6 cm³/mol. The van der Waals surface area contributed by atoms with Crippen molar-refractivity contribution in [1.82, 2.24) is 5.43 Å². The van der Waals surface area contributed by atoms with E-state index in [0.29, 0.717) is 11.1 Å². The molecule has 1 aromatic carbocycles. The third-order valence-electron chi connectivity index (χ3n) is 1.88. The van der Waals surface area contributed by atoms with E-state index in [4.69, 9.17) is 0 Å². The summed E-state index contributed by atoms with van der Waals surface area (Å²) < 4.78 is 4.30. The Hall–Kier alpha value is -2.24. The zero-order valence-electron chi connectivity index (χ0n) is 8.89. The van der Waals surface area contributed by atoms with E-state index in [1.807, 2.05) is 0 Å². The van der Waals surface area contributed by atoms with Crippen LogP contribution in [0.2, 0.25) is 0 Å². The first-order chi connectivity index (χ1) is 7.54. The molecular formula is C10H12N2O4. The maximum absolute atomic E-state index is 10.7. The van der Waals surface area contributed by atoms with Gasteiger partial charge in [-0.2, -0.15) is 5.10 Å². The molecule has 0 saturated carbocycles. The lowest BCUT2D eigenvalue weighted by Crippen LogP contribution is -2.16. The fourth-order valence-electron chi connectivity index (χ4n) is 1.12. The van der Waals surface area contributed by atoms with Crippen LogP contribution in [0.3, 0.4) is 0 Å². The second-order valence-electron chi connectivity index (χ2n) is 3.06. The van der Waals surface area contributed by atoms with E-state index < -0.39 is 6.09 Å². The Bertz CT molecular complexity index is 406. The number of aromatic hydroxyl groups is 2. The molecule has 0 aliphatic carbocycles. The molecular weight excluding hydrogens is 212 g/mol. The van der Waals surface area contributed by atoms with Gasteiger partial charge in [0, 0.05) is 11.6 Å². The van der Waals surface area contributed by atoms with Crippen molar-refractivity contribution in [2.45, 2.75) is 6.92 Å². The highest BCUT2D eigenvalue weighted by Crippen LogP contribution is 2.24. The summed E-state index contributed by atoms with van der Waals surface area (Å²) >= 11 is 0. The molecule has 6 heteroatoms. The fraction of sp³-hybridized carbons (Fsp3) is 0.200. The van der Waals surface area contributed by atoms with Crippen LogP contribution in [0.25, 0.3) is 0 Å². The number of hydrazone groups is 1. The summed E-state index contributed by atoms with van der Waals surface area (Å²) in [7, 11) is 1.22. The molecule has 0 saturated heterocycles. The average molecular weight is 224 g/mol. The van der Waals surface area contributed by atoms with Gasteiger partial charge in [-0.3, -0.25) is 0 Å². The lowest BCUT2D eigenvalue weighted by Gasteiger charge is -2.04. The topological polar surface area (TPSA) is 91.2 Å². The van der Waals surface area contributed by atoms with Crippen molar-refractivity contribution in [3.63, 3.8) is 0 Å². The lowest BCUT2D eigenvalue weighted by molar-refractivity contribution is 0.171. The molecule has 3 N–H and O–H groups in total. The highest BCUT2D eigenvalue weighted by atomic mass is 16.5. The SMILES string of the molecule is COC(=O)N/N=C\c1c(C)cc(O)cc1O. The van der Waals surface area contributed by atoms with Crippen LogP contribution in [-0.4, -0.2) is 29.6 Å².